The molecule has 5 heteroatoms. The third-order valence-corrected chi connectivity index (χ3v) is 3.96. The summed E-state index contributed by atoms with van der Waals surface area (Å²) in [4.78, 5) is 9.07. The van der Waals surface area contributed by atoms with Gasteiger partial charge in [-0.1, -0.05) is 0 Å². The number of benzene rings is 1. The van der Waals surface area contributed by atoms with Crippen LogP contribution in [0.4, 0.5) is 5.69 Å². The number of rotatable bonds is 5. The van der Waals surface area contributed by atoms with Gasteiger partial charge in [0.2, 0.25) is 0 Å². The summed E-state index contributed by atoms with van der Waals surface area (Å²) < 4.78 is 10.7. The third kappa shape index (κ3) is 4.04. The topological polar surface area (TPSA) is 55.7 Å². The molecular weight excluding hydrogens is 302 g/mol. The largest absolute Gasteiger partial charge is 0.497 e. The highest BCUT2D eigenvalue weighted by atomic mass is 16.5. The van der Waals surface area contributed by atoms with Crippen molar-refractivity contribution in [3.8, 4) is 11.5 Å². The van der Waals surface area contributed by atoms with Crippen LogP contribution in [0.3, 0.4) is 0 Å². The second-order valence-corrected chi connectivity index (χ2v) is 5.75. The molecule has 5 nitrogen and oxygen atoms in total. The lowest BCUT2D eigenvalue weighted by Crippen LogP contribution is -2.09. The number of nitrogens with zero attached hydrogens (tertiary/aromatic N) is 2. The number of hydrogen-bond donors (Lipinski definition) is 1. The van der Waals surface area contributed by atoms with Crippen molar-refractivity contribution < 1.29 is 9.47 Å². The van der Waals surface area contributed by atoms with E-state index in [9.17, 15) is 0 Å². The summed E-state index contributed by atoms with van der Waals surface area (Å²) >= 11 is 0. The summed E-state index contributed by atoms with van der Waals surface area (Å²) in [5.41, 5.74) is 5.12. The molecule has 0 aliphatic carbocycles. The van der Waals surface area contributed by atoms with Crippen LogP contribution in [-0.2, 0) is 6.54 Å². The van der Waals surface area contributed by atoms with Gasteiger partial charge in [-0.05, 0) is 51.5 Å². The molecule has 1 heterocycles. The van der Waals surface area contributed by atoms with Gasteiger partial charge >= 0.3 is 0 Å². The van der Waals surface area contributed by atoms with E-state index in [0.29, 0.717) is 6.54 Å². The first kappa shape index (κ1) is 17.8. The highest BCUT2D eigenvalue weighted by Gasteiger charge is 2.09. The normalized spacial score (nSPS) is 11.3. The summed E-state index contributed by atoms with van der Waals surface area (Å²) in [7, 11) is 3.35. The monoisotopic (exact) mass is 327 g/mol. The standard InChI is InChI=1S/C19H25N3O2/c1-12-9-16(23-5)7-8-17(12)22-15(4)20-11-18-14(3)19(24-6)13(2)10-21-18/h7-10H,11H2,1-6H3,(H,20,22). The number of hydrogen-bond acceptors (Lipinski definition) is 4. The fourth-order valence-electron chi connectivity index (χ4n) is 2.56. The Morgan fingerprint density at radius 1 is 1.12 bits per heavy atom. The highest BCUT2D eigenvalue weighted by molar-refractivity contribution is 5.94. The van der Waals surface area contributed by atoms with Crippen molar-refractivity contribution in [2.24, 2.45) is 4.99 Å². The van der Waals surface area contributed by atoms with Crippen LogP contribution in [0.25, 0.3) is 0 Å². The van der Waals surface area contributed by atoms with Gasteiger partial charge in [0.05, 0.1) is 32.3 Å². The Morgan fingerprint density at radius 2 is 1.88 bits per heavy atom. The molecule has 0 radical (unpaired) electrons. The van der Waals surface area contributed by atoms with Gasteiger partial charge < -0.3 is 14.8 Å². The predicted octanol–water partition coefficient (Wildman–Crippen LogP) is 4.05. The van der Waals surface area contributed by atoms with Crippen LogP contribution in [0.1, 0.15) is 29.3 Å². The van der Waals surface area contributed by atoms with E-state index in [1.54, 1.807) is 14.2 Å². The molecule has 0 aliphatic heterocycles. The number of methoxy groups -OCH3 is 2. The van der Waals surface area contributed by atoms with E-state index >= 15 is 0 Å². The Hall–Kier alpha value is -2.56. The van der Waals surface area contributed by atoms with Gasteiger partial charge in [-0.3, -0.25) is 9.98 Å². The molecule has 0 fully saturated rings. The van der Waals surface area contributed by atoms with Gasteiger partial charge in [-0.15, -0.1) is 0 Å². The fourth-order valence-corrected chi connectivity index (χ4v) is 2.56. The van der Waals surface area contributed by atoms with Crippen LogP contribution >= 0.6 is 0 Å². The Bertz CT molecular complexity index is 755. The maximum Gasteiger partial charge on any atom is 0.128 e. The zero-order valence-corrected chi connectivity index (χ0v) is 15.2. The lowest BCUT2D eigenvalue weighted by molar-refractivity contribution is 0.407. The van der Waals surface area contributed by atoms with E-state index in [0.717, 1.165) is 45.4 Å². The Labute approximate surface area is 143 Å². The molecule has 1 N–H and O–H groups in total. The van der Waals surface area contributed by atoms with Gasteiger partial charge in [-0.25, -0.2) is 0 Å². The van der Waals surface area contributed by atoms with Crippen LogP contribution in [0.5, 0.6) is 11.5 Å². The van der Waals surface area contributed by atoms with Gasteiger partial charge in [0.15, 0.2) is 0 Å². The number of aliphatic imine (C=N–C) groups is 1. The number of ether oxygens (including phenoxy) is 2. The average Bonchev–Trinajstić information content (AvgIpc) is 2.56. The number of pyridine rings is 1. The van der Waals surface area contributed by atoms with E-state index in [-0.39, 0.29) is 0 Å². The van der Waals surface area contributed by atoms with Gasteiger partial charge in [0.1, 0.15) is 11.5 Å². The number of nitrogens with one attached hydrogen (secondary N) is 1. The van der Waals surface area contributed by atoms with Crippen LogP contribution in [0.15, 0.2) is 29.4 Å². The van der Waals surface area contributed by atoms with E-state index in [4.69, 9.17) is 9.47 Å². The first-order valence-electron chi connectivity index (χ1n) is 7.88. The van der Waals surface area contributed by atoms with Crippen molar-refractivity contribution in [1.82, 2.24) is 4.98 Å². The Morgan fingerprint density at radius 3 is 2.50 bits per heavy atom. The molecule has 0 atom stereocenters. The van der Waals surface area contributed by atoms with Crippen LogP contribution in [-0.4, -0.2) is 25.0 Å². The summed E-state index contributed by atoms with van der Waals surface area (Å²) in [6.07, 6.45) is 1.83. The van der Waals surface area contributed by atoms with Crippen molar-refractivity contribution in [3.05, 3.63) is 46.8 Å². The summed E-state index contributed by atoms with van der Waals surface area (Å²) in [6, 6.07) is 5.91. The van der Waals surface area contributed by atoms with Gasteiger partial charge in [0.25, 0.3) is 0 Å². The van der Waals surface area contributed by atoms with Crippen LogP contribution in [0.2, 0.25) is 0 Å². The summed E-state index contributed by atoms with van der Waals surface area (Å²) in [5.74, 6) is 2.56. The van der Waals surface area contributed by atoms with E-state index in [2.05, 4.69) is 15.3 Å². The molecule has 0 saturated carbocycles. The van der Waals surface area contributed by atoms with E-state index in [1.165, 1.54) is 0 Å². The summed E-state index contributed by atoms with van der Waals surface area (Å²) in [6.45, 7) is 8.50. The van der Waals surface area contributed by atoms with E-state index < -0.39 is 0 Å². The minimum absolute atomic E-state index is 0.510. The van der Waals surface area contributed by atoms with Crippen molar-refractivity contribution in [2.45, 2.75) is 34.2 Å². The zero-order valence-electron chi connectivity index (χ0n) is 15.2. The molecule has 0 aliphatic rings. The molecule has 0 spiro atoms. The second kappa shape index (κ2) is 7.81. The number of aromatic nitrogens is 1. The van der Waals surface area contributed by atoms with Gasteiger partial charge in [0, 0.05) is 23.0 Å². The molecule has 1 aromatic carbocycles. The molecular formula is C19H25N3O2. The molecule has 1 aromatic heterocycles. The van der Waals surface area contributed by atoms with Crippen molar-refractivity contribution in [1.29, 1.82) is 0 Å². The highest BCUT2D eigenvalue weighted by Crippen LogP contribution is 2.24. The Balaban J connectivity index is 2.12. The van der Waals surface area contributed by atoms with Crippen molar-refractivity contribution in [2.75, 3.05) is 19.5 Å². The molecule has 2 aromatic rings. The van der Waals surface area contributed by atoms with Gasteiger partial charge in [-0.2, -0.15) is 0 Å². The van der Waals surface area contributed by atoms with E-state index in [1.807, 2.05) is 52.1 Å². The smallest absolute Gasteiger partial charge is 0.128 e. The van der Waals surface area contributed by atoms with Crippen LogP contribution in [0, 0.1) is 20.8 Å². The number of amidine groups is 1. The average molecular weight is 327 g/mol. The Kier molecular flexibility index (Phi) is 5.79. The third-order valence-electron chi connectivity index (χ3n) is 3.96. The molecule has 0 amide bonds. The molecule has 0 unspecified atom stereocenters. The minimum atomic E-state index is 0.510. The van der Waals surface area contributed by atoms with Crippen LogP contribution < -0.4 is 14.8 Å². The molecule has 2 rings (SSSR count). The SMILES string of the molecule is COc1ccc(NC(C)=NCc2ncc(C)c(OC)c2C)c(C)c1. The lowest BCUT2D eigenvalue weighted by atomic mass is 10.1. The first-order valence-corrected chi connectivity index (χ1v) is 7.88. The maximum atomic E-state index is 5.44. The quantitative estimate of drug-likeness (QED) is 0.665. The first-order chi connectivity index (χ1) is 11.5. The summed E-state index contributed by atoms with van der Waals surface area (Å²) in [5, 5.41) is 3.33. The molecule has 0 bridgehead atoms. The van der Waals surface area contributed by atoms with Crippen molar-refractivity contribution in [3.63, 3.8) is 0 Å². The maximum absolute atomic E-state index is 5.44. The second-order valence-electron chi connectivity index (χ2n) is 5.75. The molecule has 0 saturated heterocycles. The molecule has 24 heavy (non-hydrogen) atoms. The number of aryl methyl sites for hydroxylation is 2. The fraction of sp³-hybridized carbons (Fsp3) is 0.368. The lowest BCUT2D eigenvalue weighted by Gasteiger charge is -2.12. The number of anilines is 1. The minimum Gasteiger partial charge on any atom is -0.497 e. The zero-order chi connectivity index (χ0) is 17.7. The predicted molar refractivity (Wildman–Crippen MR) is 98.4 cm³/mol. The van der Waals surface area contributed by atoms with Crippen molar-refractivity contribution >= 4 is 11.5 Å². The molecule has 128 valence electrons.